The van der Waals surface area contributed by atoms with Crippen LogP contribution in [-0.2, 0) is 13.6 Å². The Bertz CT molecular complexity index is 586. The van der Waals surface area contributed by atoms with Gasteiger partial charge in [-0.3, -0.25) is 4.57 Å². The molecule has 8 nitrogen and oxygen atoms in total. The zero-order chi connectivity index (χ0) is 14.0. The first-order valence-corrected chi connectivity index (χ1v) is 7.86. The highest BCUT2D eigenvalue weighted by Gasteiger charge is 2.43. The smallest absolute Gasteiger partial charge is 0.362 e. The van der Waals surface area contributed by atoms with Gasteiger partial charge in [0.25, 0.3) is 0 Å². The molecule has 0 bridgehead atoms. The van der Waals surface area contributed by atoms with Crippen LogP contribution >= 0.6 is 7.60 Å². The zero-order valence-corrected chi connectivity index (χ0v) is 11.8. The van der Waals surface area contributed by atoms with Crippen LogP contribution in [0.5, 0.6) is 0 Å². The predicted octanol–water partition coefficient (Wildman–Crippen LogP) is 2.13. The summed E-state index contributed by atoms with van der Waals surface area (Å²) in [6.45, 7) is 2.26. The lowest BCUT2D eigenvalue weighted by Crippen LogP contribution is -2.26. The van der Waals surface area contributed by atoms with Crippen molar-refractivity contribution in [1.29, 1.82) is 0 Å². The Balaban J connectivity index is 1.91. The van der Waals surface area contributed by atoms with Crippen LogP contribution in [0.1, 0.15) is 24.9 Å². The lowest BCUT2D eigenvalue weighted by molar-refractivity contribution is 0.0870. The standard InChI is InChI=1S/C11H15N4O4P/c1-9-4-6-18-20(16,19-9)11(10-3-2-5-17-10)14-15-7-12-13-8-15/h2-3,5,7-9,11,14H,4,6H2,1H3/t9-,11+,20-/m1/s1. The number of furan rings is 1. The fourth-order valence-electron chi connectivity index (χ4n) is 1.96. The van der Waals surface area contributed by atoms with Gasteiger partial charge in [0, 0.05) is 0 Å². The van der Waals surface area contributed by atoms with Crippen LogP contribution in [0.2, 0.25) is 0 Å². The van der Waals surface area contributed by atoms with E-state index < -0.39 is 13.4 Å². The summed E-state index contributed by atoms with van der Waals surface area (Å²) in [4.78, 5) is 0. The highest BCUT2D eigenvalue weighted by atomic mass is 31.2. The molecule has 3 rings (SSSR count). The van der Waals surface area contributed by atoms with Gasteiger partial charge in [-0.25, -0.2) is 4.68 Å². The topological polar surface area (TPSA) is 91.4 Å². The summed E-state index contributed by atoms with van der Waals surface area (Å²) >= 11 is 0. The molecular formula is C11H15N4O4P. The Labute approximate surface area is 115 Å². The van der Waals surface area contributed by atoms with Crippen molar-refractivity contribution in [3.05, 3.63) is 36.8 Å². The summed E-state index contributed by atoms with van der Waals surface area (Å²) < 4.78 is 30.8. The average molecular weight is 298 g/mol. The molecule has 0 radical (unpaired) electrons. The quantitative estimate of drug-likeness (QED) is 0.864. The molecule has 1 fully saturated rings. The Morgan fingerprint density at radius 2 is 2.30 bits per heavy atom. The number of rotatable bonds is 4. The van der Waals surface area contributed by atoms with Gasteiger partial charge in [-0.1, -0.05) is 0 Å². The van der Waals surface area contributed by atoms with Crippen molar-refractivity contribution < 1.29 is 18.0 Å². The first-order chi connectivity index (χ1) is 9.67. The molecule has 1 aliphatic rings. The van der Waals surface area contributed by atoms with Gasteiger partial charge in [-0.15, -0.1) is 10.2 Å². The Hall–Kier alpha value is -1.63. The van der Waals surface area contributed by atoms with Gasteiger partial charge < -0.3 is 18.9 Å². The molecule has 2 aromatic heterocycles. The van der Waals surface area contributed by atoms with E-state index in [1.807, 2.05) is 6.92 Å². The summed E-state index contributed by atoms with van der Waals surface area (Å²) in [6, 6.07) is 3.43. The van der Waals surface area contributed by atoms with Gasteiger partial charge >= 0.3 is 7.60 Å². The maximum Gasteiger partial charge on any atom is 0.362 e. The number of hydrogen-bond acceptors (Lipinski definition) is 7. The van der Waals surface area contributed by atoms with Crippen LogP contribution in [-0.4, -0.2) is 27.6 Å². The third-order valence-corrected chi connectivity index (χ3v) is 5.14. The van der Waals surface area contributed by atoms with E-state index in [1.165, 1.54) is 23.6 Å². The highest BCUT2D eigenvalue weighted by Crippen LogP contribution is 2.62. The summed E-state index contributed by atoms with van der Waals surface area (Å²) in [5.41, 5.74) is 2.98. The van der Waals surface area contributed by atoms with Crippen molar-refractivity contribution in [3.8, 4) is 0 Å². The third-order valence-electron chi connectivity index (χ3n) is 2.94. The lowest BCUT2D eigenvalue weighted by Gasteiger charge is -2.32. The number of hydrogen-bond donors (Lipinski definition) is 1. The van der Waals surface area contributed by atoms with Crippen molar-refractivity contribution in [1.82, 2.24) is 14.9 Å². The van der Waals surface area contributed by atoms with E-state index in [4.69, 9.17) is 13.5 Å². The van der Waals surface area contributed by atoms with Gasteiger partial charge in [-0.05, 0) is 25.5 Å². The molecule has 0 aliphatic carbocycles. The molecule has 9 heteroatoms. The second-order valence-electron chi connectivity index (χ2n) is 4.49. The van der Waals surface area contributed by atoms with Gasteiger partial charge in [0.15, 0.2) is 0 Å². The van der Waals surface area contributed by atoms with E-state index >= 15 is 0 Å². The number of aromatic nitrogens is 3. The van der Waals surface area contributed by atoms with Crippen molar-refractivity contribution in [2.75, 3.05) is 12.0 Å². The largest absolute Gasteiger partial charge is 0.466 e. The molecule has 108 valence electrons. The number of nitrogens with zero attached hydrogens (tertiary/aromatic N) is 3. The van der Waals surface area contributed by atoms with Crippen LogP contribution < -0.4 is 5.43 Å². The highest BCUT2D eigenvalue weighted by molar-refractivity contribution is 7.54. The molecule has 1 aliphatic heterocycles. The fraction of sp³-hybridized carbons (Fsp3) is 0.455. The normalized spacial score (nSPS) is 28.1. The maximum absolute atomic E-state index is 12.9. The molecule has 3 heterocycles. The predicted molar refractivity (Wildman–Crippen MR) is 69.6 cm³/mol. The van der Waals surface area contributed by atoms with Crippen molar-refractivity contribution in [2.45, 2.75) is 25.2 Å². The van der Waals surface area contributed by atoms with Gasteiger partial charge in [0.2, 0.25) is 5.78 Å². The van der Waals surface area contributed by atoms with Crippen LogP contribution in [0.15, 0.2) is 35.5 Å². The molecule has 0 unspecified atom stereocenters. The van der Waals surface area contributed by atoms with E-state index in [2.05, 4.69) is 15.6 Å². The van der Waals surface area contributed by atoms with Crippen LogP contribution in [0.25, 0.3) is 0 Å². The Kier molecular flexibility index (Phi) is 3.60. The molecule has 0 amide bonds. The Morgan fingerprint density at radius 3 is 2.95 bits per heavy atom. The van der Waals surface area contributed by atoms with E-state index in [9.17, 15) is 4.57 Å². The van der Waals surface area contributed by atoms with E-state index in [-0.39, 0.29) is 6.10 Å². The molecular weight excluding hydrogens is 283 g/mol. The maximum atomic E-state index is 12.9. The average Bonchev–Trinajstić information content (AvgIpc) is 3.09. The van der Waals surface area contributed by atoms with Gasteiger partial charge in [0.05, 0.1) is 19.0 Å². The summed E-state index contributed by atoms with van der Waals surface area (Å²) in [5.74, 6) is -0.285. The molecule has 2 aromatic rings. The monoisotopic (exact) mass is 298 g/mol. The molecule has 0 aromatic carbocycles. The second kappa shape index (κ2) is 5.40. The van der Waals surface area contributed by atoms with Crippen molar-refractivity contribution >= 4 is 7.60 Å². The SMILES string of the molecule is C[C@@H]1CCO[P@](=O)([C@H](Nn2cnnc2)c2ccco2)O1. The molecule has 20 heavy (non-hydrogen) atoms. The van der Waals surface area contributed by atoms with Crippen LogP contribution in [0.4, 0.5) is 0 Å². The summed E-state index contributed by atoms with van der Waals surface area (Å²) in [6.07, 6.45) is 5.00. The molecule has 0 spiro atoms. The minimum absolute atomic E-state index is 0.130. The third kappa shape index (κ3) is 2.63. The fourth-order valence-corrected chi connectivity index (χ4v) is 3.99. The van der Waals surface area contributed by atoms with Gasteiger partial charge in [0.1, 0.15) is 18.4 Å². The second-order valence-corrected chi connectivity index (χ2v) is 6.56. The summed E-state index contributed by atoms with van der Waals surface area (Å²) in [7, 11) is -3.39. The van der Waals surface area contributed by atoms with Gasteiger partial charge in [-0.2, -0.15) is 0 Å². The van der Waals surface area contributed by atoms with E-state index in [0.29, 0.717) is 18.8 Å². The molecule has 3 atom stereocenters. The van der Waals surface area contributed by atoms with Crippen molar-refractivity contribution in [3.63, 3.8) is 0 Å². The minimum atomic E-state index is -3.39. The lowest BCUT2D eigenvalue weighted by atomic mass is 10.3. The molecule has 1 N–H and O–H groups in total. The van der Waals surface area contributed by atoms with E-state index in [1.54, 1.807) is 12.1 Å². The first kappa shape index (κ1) is 13.4. The Morgan fingerprint density at radius 1 is 1.50 bits per heavy atom. The van der Waals surface area contributed by atoms with E-state index in [0.717, 1.165) is 0 Å². The molecule has 1 saturated heterocycles. The first-order valence-electron chi connectivity index (χ1n) is 6.24. The zero-order valence-electron chi connectivity index (χ0n) is 10.9. The number of nitrogens with one attached hydrogen (secondary N) is 1. The summed E-state index contributed by atoms with van der Waals surface area (Å²) in [5, 5.41) is 7.38. The molecule has 0 saturated carbocycles. The van der Waals surface area contributed by atoms with Crippen LogP contribution in [0.3, 0.4) is 0 Å². The van der Waals surface area contributed by atoms with Crippen molar-refractivity contribution in [2.24, 2.45) is 0 Å². The van der Waals surface area contributed by atoms with Crippen LogP contribution in [0, 0.1) is 0 Å². The minimum Gasteiger partial charge on any atom is -0.466 e.